The van der Waals surface area contributed by atoms with Crippen LogP contribution in [0.4, 0.5) is 0 Å². The molecule has 54 heavy (non-hydrogen) atoms. The summed E-state index contributed by atoms with van der Waals surface area (Å²) in [7, 11) is 0. The number of fused-ring (bicyclic) bond motifs is 4. The van der Waals surface area contributed by atoms with Crippen LogP contribution in [0.25, 0.3) is 99.6 Å². The van der Waals surface area contributed by atoms with E-state index in [1.54, 1.807) is 0 Å². The third-order valence-electron chi connectivity index (χ3n) is 10.5. The highest BCUT2D eigenvalue weighted by Gasteiger charge is 2.15. The molecule has 1 heterocycles. The highest BCUT2D eigenvalue weighted by molar-refractivity contribution is 6.20. The molecule has 9 aromatic carbocycles. The van der Waals surface area contributed by atoms with Crippen LogP contribution in [0.3, 0.4) is 0 Å². The summed E-state index contributed by atoms with van der Waals surface area (Å²) in [4.78, 5) is 10.4. The standard InChI is InChI=1S/C52H34N2/c1-3-12-35(13-4-1)37-22-24-39(25-23-37)49-34-50(44-19-11-18-42(32-44)36-14-5-2-6-15-36)54-52(53-49)41-28-26-40(27-29-41)51-46-21-10-8-17-43(46)33-48-45-20-9-7-16-38(45)30-31-47(48)51/h1-34H. The molecule has 1 aromatic heterocycles. The van der Waals surface area contributed by atoms with Crippen molar-refractivity contribution < 1.29 is 0 Å². The van der Waals surface area contributed by atoms with Crippen molar-refractivity contribution in [3.05, 3.63) is 206 Å². The maximum absolute atomic E-state index is 5.22. The molecule has 0 bridgehead atoms. The molecule has 0 amide bonds. The second kappa shape index (κ2) is 13.4. The highest BCUT2D eigenvalue weighted by Crippen LogP contribution is 2.40. The van der Waals surface area contributed by atoms with E-state index in [0.29, 0.717) is 5.82 Å². The van der Waals surface area contributed by atoms with Crippen molar-refractivity contribution in [2.24, 2.45) is 0 Å². The Morgan fingerprint density at radius 3 is 1.50 bits per heavy atom. The molecule has 0 N–H and O–H groups in total. The molecule has 10 rings (SSSR count). The van der Waals surface area contributed by atoms with E-state index in [2.05, 4.69) is 200 Å². The maximum atomic E-state index is 5.22. The molecule has 10 aromatic rings. The summed E-state index contributed by atoms with van der Waals surface area (Å²) in [5.41, 5.74) is 11.9. The zero-order valence-corrected chi connectivity index (χ0v) is 29.5. The Morgan fingerprint density at radius 2 is 0.759 bits per heavy atom. The molecule has 0 saturated carbocycles. The van der Waals surface area contributed by atoms with E-state index in [1.807, 2.05) is 6.07 Å². The van der Waals surface area contributed by atoms with Crippen molar-refractivity contribution in [3.8, 4) is 67.3 Å². The summed E-state index contributed by atoms with van der Waals surface area (Å²) in [6.45, 7) is 0. The Hall–Kier alpha value is -7.16. The molecule has 0 radical (unpaired) electrons. The Bertz CT molecular complexity index is 2950. The largest absolute Gasteiger partial charge is 0.228 e. The summed E-state index contributed by atoms with van der Waals surface area (Å²) >= 11 is 0. The third-order valence-corrected chi connectivity index (χ3v) is 10.5. The van der Waals surface area contributed by atoms with Crippen LogP contribution in [0.1, 0.15) is 0 Å². The fraction of sp³-hybridized carbons (Fsp3) is 0. The molecule has 0 fully saturated rings. The predicted octanol–water partition coefficient (Wildman–Crippen LogP) is 13.9. The second-order valence-electron chi connectivity index (χ2n) is 13.8. The molecule has 0 unspecified atom stereocenters. The first-order valence-electron chi connectivity index (χ1n) is 18.4. The van der Waals surface area contributed by atoms with Crippen molar-refractivity contribution in [2.75, 3.05) is 0 Å². The Labute approximate surface area is 314 Å². The number of benzene rings is 9. The lowest BCUT2D eigenvalue weighted by Crippen LogP contribution is -1.96. The predicted molar refractivity (Wildman–Crippen MR) is 227 cm³/mol. The summed E-state index contributed by atoms with van der Waals surface area (Å²) in [6, 6.07) is 73.4. The topological polar surface area (TPSA) is 25.8 Å². The van der Waals surface area contributed by atoms with Gasteiger partial charge in [-0.05, 0) is 83.9 Å². The van der Waals surface area contributed by atoms with E-state index in [9.17, 15) is 0 Å². The summed E-state index contributed by atoms with van der Waals surface area (Å²) in [5, 5.41) is 7.51. The molecule has 0 saturated heterocycles. The van der Waals surface area contributed by atoms with Crippen molar-refractivity contribution >= 4 is 32.3 Å². The zero-order chi connectivity index (χ0) is 35.8. The van der Waals surface area contributed by atoms with Gasteiger partial charge in [-0.15, -0.1) is 0 Å². The quantitative estimate of drug-likeness (QED) is 0.129. The van der Waals surface area contributed by atoms with Crippen molar-refractivity contribution in [1.82, 2.24) is 9.97 Å². The van der Waals surface area contributed by atoms with E-state index in [4.69, 9.17) is 9.97 Å². The first-order valence-corrected chi connectivity index (χ1v) is 18.4. The Kier molecular flexibility index (Phi) is 7.85. The minimum atomic E-state index is 0.695. The molecular weight excluding hydrogens is 653 g/mol. The number of rotatable bonds is 6. The van der Waals surface area contributed by atoms with Crippen LogP contribution in [-0.2, 0) is 0 Å². The molecule has 0 atom stereocenters. The average Bonchev–Trinajstić information content (AvgIpc) is 3.26. The van der Waals surface area contributed by atoms with Crippen LogP contribution in [0, 0.1) is 0 Å². The van der Waals surface area contributed by atoms with Crippen LogP contribution in [0.2, 0.25) is 0 Å². The summed E-state index contributed by atoms with van der Waals surface area (Å²) < 4.78 is 0. The lowest BCUT2D eigenvalue weighted by Gasteiger charge is -2.15. The van der Waals surface area contributed by atoms with Gasteiger partial charge >= 0.3 is 0 Å². The third kappa shape index (κ3) is 5.81. The van der Waals surface area contributed by atoms with Crippen molar-refractivity contribution in [3.63, 3.8) is 0 Å². The molecule has 0 aliphatic heterocycles. The van der Waals surface area contributed by atoms with Crippen molar-refractivity contribution in [1.29, 1.82) is 0 Å². The van der Waals surface area contributed by atoms with Gasteiger partial charge in [-0.3, -0.25) is 0 Å². The first-order chi connectivity index (χ1) is 26.7. The lowest BCUT2D eigenvalue weighted by atomic mass is 9.89. The molecule has 2 nitrogen and oxygen atoms in total. The van der Waals surface area contributed by atoms with Gasteiger partial charge in [-0.25, -0.2) is 9.97 Å². The minimum absolute atomic E-state index is 0.695. The van der Waals surface area contributed by atoms with E-state index in [0.717, 1.165) is 33.6 Å². The molecule has 252 valence electrons. The van der Waals surface area contributed by atoms with Gasteiger partial charge in [-0.1, -0.05) is 188 Å². The summed E-state index contributed by atoms with van der Waals surface area (Å²) in [6.07, 6.45) is 0. The van der Waals surface area contributed by atoms with Gasteiger partial charge in [0.25, 0.3) is 0 Å². The van der Waals surface area contributed by atoms with Gasteiger partial charge < -0.3 is 0 Å². The van der Waals surface area contributed by atoms with Gasteiger partial charge in [0.15, 0.2) is 5.82 Å². The first kappa shape index (κ1) is 31.6. The monoisotopic (exact) mass is 686 g/mol. The van der Waals surface area contributed by atoms with Gasteiger partial charge in [0, 0.05) is 16.7 Å². The van der Waals surface area contributed by atoms with E-state index in [1.165, 1.54) is 60.1 Å². The lowest BCUT2D eigenvalue weighted by molar-refractivity contribution is 1.18. The number of hydrogen-bond donors (Lipinski definition) is 0. The van der Waals surface area contributed by atoms with Crippen molar-refractivity contribution in [2.45, 2.75) is 0 Å². The number of hydrogen-bond acceptors (Lipinski definition) is 2. The molecule has 0 aliphatic carbocycles. The van der Waals surface area contributed by atoms with E-state index < -0.39 is 0 Å². The van der Waals surface area contributed by atoms with Gasteiger partial charge in [-0.2, -0.15) is 0 Å². The SMILES string of the molecule is c1ccc(-c2ccc(-c3cc(-c4cccc(-c5ccccc5)c4)nc(-c4ccc(-c5c6ccccc6cc6c5ccc5ccccc56)cc4)n3)cc2)cc1. The van der Waals surface area contributed by atoms with E-state index >= 15 is 0 Å². The van der Waals surface area contributed by atoms with Crippen LogP contribution in [-0.4, -0.2) is 9.97 Å². The van der Waals surface area contributed by atoms with E-state index in [-0.39, 0.29) is 0 Å². The van der Waals surface area contributed by atoms with Crippen LogP contribution in [0.15, 0.2) is 206 Å². The average molecular weight is 687 g/mol. The normalized spacial score (nSPS) is 11.3. The Balaban J connectivity index is 1.10. The van der Waals surface area contributed by atoms with Gasteiger partial charge in [0.2, 0.25) is 0 Å². The van der Waals surface area contributed by atoms with Gasteiger partial charge in [0.1, 0.15) is 0 Å². The maximum Gasteiger partial charge on any atom is 0.160 e. The Morgan fingerprint density at radius 1 is 0.241 bits per heavy atom. The number of aromatic nitrogens is 2. The fourth-order valence-corrected chi connectivity index (χ4v) is 7.74. The summed E-state index contributed by atoms with van der Waals surface area (Å²) in [5.74, 6) is 0.695. The molecule has 0 spiro atoms. The molecular formula is C52H34N2. The molecule has 2 heteroatoms. The smallest absolute Gasteiger partial charge is 0.160 e. The highest BCUT2D eigenvalue weighted by atomic mass is 14.9. The van der Waals surface area contributed by atoms with Crippen LogP contribution in [0.5, 0.6) is 0 Å². The zero-order valence-electron chi connectivity index (χ0n) is 29.5. The molecule has 0 aliphatic rings. The fourth-order valence-electron chi connectivity index (χ4n) is 7.74. The second-order valence-corrected chi connectivity index (χ2v) is 13.8. The van der Waals surface area contributed by atoms with Crippen LogP contribution >= 0.6 is 0 Å². The van der Waals surface area contributed by atoms with Gasteiger partial charge in [0.05, 0.1) is 11.4 Å². The minimum Gasteiger partial charge on any atom is -0.228 e. The number of nitrogens with zero attached hydrogens (tertiary/aromatic N) is 2. The van der Waals surface area contributed by atoms with Crippen LogP contribution < -0.4 is 0 Å².